The summed E-state index contributed by atoms with van der Waals surface area (Å²) in [5, 5.41) is 0.653. The second-order valence-corrected chi connectivity index (χ2v) is 12.0. The molecule has 0 radical (unpaired) electrons. The highest BCUT2D eigenvalue weighted by Gasteiger charge is 2.35. The zero-order chi connectivity index (χ0) is 31.4. The Labute approximate surface area is 272 Å². The summed E-state index contributed by atoms with van der Waals surface area (Å²) in [4.78, 5) is 32.7. The summed E-state index contributed by atoms with van der Waals surface area (Å²) >= 11 is 10.9. The first kappa shape index (κ1) is 31.6. The molecular weight excluding hydrogens is 668 g/mol. The number of allylic oxidation sites excluding steroid dienone is 1. The van der Waals surface area contributed by atoms with Crippen LogP contribution in [0.5, 0.6) is 17.2 Å². The van der Waals surface area contributed by atoms with E-state index in [0.29, 0.717) is 60.6 Å². The lowest BCUT2D eigenvalue weighted by molar-refractivity contribution is -0.139. The average Bonchev–Trinajstić information content (AvgIpc) is 3.31. The van der Waals surface area contributed by atoms with Crippen molar-refractivity contribution in [1.82, 2.24) is 4.57 Å². The number of hydrogen-bond acceptors (Lipinski definition) is 8. The molecule has 11 heteroatoms. The van der Waals surface area contributed by atoms with Gasteiger partial charge in [0, 0.05) is 15.1 Å². The fraction of sp³-hybridized carbons (Fsp3) is 0.242. The van der Waals surface area contributed by atoms with E-state index in [1.165, 1.54) is 15.9 Å². The third-order valence-corrected chi connectivity index (χ3v) is 8.83. The molecule has 0 unspecified atom stereocenters. The molecule has 1 atom stereocenters. The molecule has 3 aromatic carbocycles. The molecule has 1 aliphatic rings. The van der Waals surface area contributed by atoms with E-state index in [1.807, 2.05) is 55.5 Å². The Morgan fingerprint density at radius 1 is 1.05 bits per heavy atom. The van der Waals surface area contributed by atoms with E-state index in [9.17, 15) is 9.59 Å². The number of nitrogens with zero attached hydrogens (tertiary/aromatic N) is 2. The van der Waals surface area contributed by atoms with E-state index >= 15 is 0 Å². The third kappa shape index (κ3) is 6.47. The molecule has 0 saturated carbocycles. The van der Waals surface area contributed by atoms with Gasteiger partial charge in [-0.3, -0.25) is 9.36 Å². The smallest absolute Gasteiger partial charge is 0.338 e. The Balaban J connectivity index is 1.64. The van der Waals surface area contributed by atoms with Crippen LogP contribution in [0.2, 0.25) is 5.02 Å². The largest absolute Gasteiger partial charge is 0.493 e. The molecule has 1 aromatic heterocycles. The number of para-hydroxylation sites is 1. The second kappa shape index (κ2) is 13.8. The van der Waals surface area contributed by atoms with Crippen molar-refractivity contribution in [2.24, 2.45) is 4.99 Å². The van der Waals surface area contributed by atoms with Crippen molar-refractivity contribution in [2.75, 3.05) is 20.3 Å². The van der Waals surface area contributed by atoms with Gasteiger partial charge in [0.2, 0.25) is 0 Å². The molecule has 0 aliphatic carbocycles. The van der Waals surface area contributed by atoms with Gasteiger partial charge in [0.05, 0.1) is 42.2 Å². The van der Waals surface area contributed by atoms with Gasteiger partial charge in [0.15, 0.2) is 16.3 Å². The third-order valence-electron chi connectivity index (χ3n) is 6.91. The number of hydrogen-bond donors (Lipinski definition) is 0. The fourth-order valence-corrected chi connectivity index (χ4v) is 6.59. The first-order valence-electron chi connectivity index (χ1n) is 13.9. The molecule has 5 rings (SSSR count). The molecule has 2 heterocycles. The van der Waals surface area contributed by atoms with Crippen LogP contribution in [-0.4, -0.2) is 30.9 Å². The molecule has 0 amide bonds. The molecule has 4 aromatic rings. The van der Waals surface area contributed by atoms with Gasteiger partial charge in [-0.25, -0.2) is 9.79 Å². The Hall–Kier alpha value is -3.86. The second-order valence-electron chi connectivity index (χ2n) is 9.71. The minimum atomic E-state index is -0.831. The van der Waals surface area contributed by atoms with Crippen molar-refractivity contribution in [1.29, 1.82) is 0 Å². The van der Waals surface area contributed by atoms with Crippen molar-refractivity contribution in [2.45, 2.75) is 33.4 Å². The Morgan fingerprint density at radius 3 is 2.50 bits per heavy atom. The van der Waals surface area contributed by atoms with Gasteiger partial charge in [0.1, 0.15) is 12.4 Å². The number of benzene rings is 3. The SMILES string of the molecule is CCOC(=O)C1=C(C)N=c2s/c(=C/c3ccccc3OCc3ccc(Cl)cc3)c(=O)n2[C@@H]1c1cc(OC)c(OCC)cc1Br. The van der Waals surface area contributed by atoms with E-state index in [4.69, 9.17) is 30.5 Å². The van der Waals surface area contributed by atoms with Gasteiger partial charge < -0.3 is 18.9 Å². The van der Waals surface area contributed by atoms with Crippen molar-refractivity contribution >= 4 is 50.9 Å². The lowest BCUT2D eigenvalue weighted by Gasteiger charge is -2.26. The van der Waals surface area contributed by atoms with E-state index in [2.05, 4.69) is 20.9 Å². The van der Waals surface area contributed by atoms with Crippen LogP contribution in [0.4, 0.5) is 0 Å². The molecular formula is C33H30BrClN2O6S. The molecule has 0 fully saturated rings. The van der Waals surface area contributed by atoms with E-state index < -0.39 is 12.0 Å². The number of esters is 1. The topological polar surface area (TPSA) is 88.4 Å². The van der Waals surface area contributed by atoms with Crippen LogP contribution in [-0.2, 0) is 16.1 Å². The summed E-state index contributed by atoms with van der Waals surface area (Å²) in [7, 11) is 1.54. The number of halogens is 2. The highest BCUT2D eigenvalue weighted by atomic mass is 79.9. The highest BCUT2D eigenvalue weighted by Crippen LogP contribution is 2.41. The normalized spacial score (nSPS) is 14.6. The standard InChI is InChI=1S/C33H30BrClN2O6S/c1-5-41-27-17-24(34)23(16-26(27)40-4)30-29(32(39)42-6-2)19(3)36-33-37(30)31(38)28(44-33)15-21-9-7-8-10-25(21)43-18-20-11-13-22(35)14-12-20/h7-17,30H,5-6,18H2,1-4H3/b28-15+/t30-/m1/s1. The van der Waals surface area contributed by atoms with E-state index in [1.54, 1.807) is 39.2 Å². The Kier molecular flexibility index (Phi) is 9.93. The Morgan fingerprint density at radius 2 is 1.80 bits per heavy atom. The number of ether oxygens (including phenoxy) is 4. The first-order valence-corrected chi connectivity index (χ1v) is 15.9. The summed E-state index contributed by atoms with van der Waals surface area (Å²) in [5.41, 5.74) is 2.75. The van der Waals surface area contributed by atoms with Crippen LogP contribution in [0, 0.1) is 0 Å². The van der Waals surface area contributed by atoms with Crippen LogP contribution >= 0.6 is 38.9 Å². The number of carbonyl (C=O) groups excluding carboxylic acids is 1. The number of rotatable bonds is 10. The molecule has 0 saturated heterocycles. The summed E-state index contributed by atoms with van der Waals surface area (Å²) < 4.78 is 25.5. The molecule has 1 aliphatic heterocycles. The number of methoxy groups -OCH3 is 1. The number of aromatic nitrogens is 1. The first-order chi connectivity index (χ1) is 21.2. The molecule has 0 spiro atoms. The maximum Gasteiger partial charge on any atom is 0.338 e. The van der Waals surface area contributed by atoms with Gasteiger partial charge in [0.25, 0.3) is 5.56 Å². The van der Waals surface area contributed by atoms with Gasteiger partial charge in [-0.2, -0.15) is 0 Å². The summed E-state index contributed by atoms with van der Waals surface area (Å²) in [6.45, 7) is 6.31. The number of carbonyl (C=O) groups is 1. The minimum Gasteiger partial charge on any atom is -0.493 e. The lowest BCUT2D eigenvalue weighted by atomic mass is 9.95. The minimum absolute atomic E-state index is 0.174. The predicted octanol–water partition coefficient (Wildman–Crippen LogP) is 6.20. The zero-order valence-corrected chi connectivity index (χ0v) is 27.7. The van der Waals surface area contributed by atoms with Gasteiger partial charge >= 0.3 is 5.97 Å². The maximum absolute atomic E-state index is 14.2. The molecule has 0 N–H and O–H groups in total. The predicted molar refractivity (Wildman–Crippen MR) is 174 cm³/mol. The average molecular weight is 698 g/mol. The number of fused-ring (bicyclic) bond motifs is 1. The van der Waals surface area contributed by atoms with E-state index in [-0.39, 0.29) is 17.7 Å². The molecule has 228 valence electrons. The lowest BCUT2D eigenvalue weighted by Crippen LogP contribution is -2.40. The van der Waals surface area contributed by atoms with Crippen LogP contribution < -0.4 is 29.1 Å². The summed E-state index contributed by atoms with van der Waals surface area (Å²) in [5.74, 6) is 1.07. The van der Waals surface area contributed by atoms with Gasteiger partial charge in [-0.1, -0.05) is 69.2 Å². The summed E-state index contributed by atoms with van der Waals surface area (Å²) in [6, 6.07) is 17.7. The van der Waals surface area contributed by atoms with E-state index in [0.717, 1.165) is 11.1 Å². The van der Waals surface area contributed by atoms with Crippen molar-refractivity contribution < 1.29 is 23.7 Å². The maximum atomic E-state index is 14.2. The zero-order valence-electron chi connectivity index (χ0n) is 24.6. The molecule has 44 heavy (non-hydrogen) atoms. The molecule has 8 nitrogen and oxygen atoms in total. The van der Waals surface area contributed by atoms with Crippen molar-refractivity contribution in [3.63, 3.8) is 0 Å². The van der Waals surface area contributed by atoms with Gasteiger partial charge in [-0.15, -0.1) is 0 Å². The monoisotopic (exact) mass is 696 g/mol. The Bertz CT molecular complexity index is 1920. The highest BCUT2D eigenvalue weighted by molar-refractivity contribution is 9.10. The van der Waals surface area contributed by atoms with Crippen molar-refractivity contribution in [3.05, 3.63) is 118 Å². The number of thiazole rings is 1. The molecule has 0 bridgehead atoms. The van der Waals surface area contributed by atoms with Crippen LogP contribution in [0.3, 0.4) is 0 Å². The van der Waals surface area contributed by atoms with Crippen molar-refractivity contribution in [3.8, 4) is 17.2 Å². The van der Waals surface area contributed by atoms with Crippen LogP contribution in [0.25, 0.3) is 6.08 Å². The fourth-order valence-electron chi connectivity index (χ4n) is 4.89. The van der Waals surface area contributed by atoms with Crippen LogP contribution in [0.1, 0.15) is 43.5 Å². The summed E-state index contributed by atoms with van der Waals surface area (Å²) in [6.07, 6.45) is 1.79. The van der Waals surface area contributed by atoms with Gasteiger partial charge in [-0.05, 0) is 68.3 Å². The van der Waals surface area contributed by atoms with Crippen LogP contribution in [0.15, 0.2) is 86.2 Å². The quantitative estimate of drug-likeness (QED) is 0.184.